The molecule has 0 unspecified atom stereocenters. The van der Waals surface area contributed by atoms with E-state index < -0.39 is 0 Å². The molecule has 92 valence electrons. The Balaban J connectivity index is 1.88. The second kappa shape index (κ2) is 6.16. The van der Waals surface area contributed by atoms with Gasteiger partial charge in [0.05, 0.1) is 16.7 Å². The molecule has 0 atom stereocenters. The zero-order valence-electron chi connectivity index (χ0n) is 9.56. The standard InChI is InChI=1S/C13H12BrN3O/c14-11-8-15-7-6-12(11)17-13(18)9-16-10-4-2-1-3-5-10/h1-8,16H,9H2,(H,15,17,18). The molecule has 0 radical (unpaired) electrons. The first-order valence-electron chi connectivity index (χ1n) is 5.44. The average Bonchev–Trinajstić information content (AvgIpc) is 2.40. The highest BCUT2D eigenvalue weighted by Gasteiger charge is 2.04. The van der Waals surface area contributed by atoms with Crippen LogP contribution in [0, 0.1) is 0 Å². The highest BCUT2D eigenvalue weighted by molar-refractivity contribution is 9.10. The molecule has 0 saturated carbocycles. The molecule has 1 heterocycles. The Morgan fingerprint density at radius 1 is 1.22 bits per heavy atom. The molecule has 2 N–H and O–H groups in total. The average molecular weight is 306 g/mol. The number of benzene rings is 1. The van der Waals surface area contributed by atoms with E-state index in [9.17, 15) is 4.79 Å². The fourth-order valence-corrected chi connectivity index (χ4v) is 1.76. The normalized spacial score (nSPS) is 9.83. The van der Waals surface area contributed by atoms with Gasteiger partial charge in [-0.25, -0.2) is 0 Å². The first kappa shape index (κ1) is 12.6. The van der Waals surface area contributed by atoms with Crippen molar-refractivity contribution < 1.29 is 4.79 Å². The number of carbonyl (C=O) groups excluding carboxylic acids is 1. The third-order valence-electron chi connectivity index (χ3n) is 2.27. The Bertz CT molecular complexity index is 531. The van der Waals surface area contributed by atoms with Crippen molar-refractivity contribution in [2.45, 2.75) is 0 Å². The number of carbonyl (C=O) groups is 1. The molecule has 1 amide bonds. The molecule has 0 aliphatic carbocycles. The summed E-state index contributed by atoms with van der Waals surface area (Å²) >= 11 is 3.32. The number of pyridine rings is 1. The molecular formula is C13H12BrN3O. The molecule has 5 heteroatoms. The Kier molecular flexibility index (Phi) is 4.30. The number of para-hydroxylation sites is 1. The van der Waals surface area contributed by atoms with Gasteiger partial charge in [0.15, 0.2) is 0 Å². The number of amides is 1. The largest absolute Gasteiger partial charge is 0.376 e. The quantitative estimate of drug-likeness (QED) is 0.913. The molecule has 0 saturated heterocycles. The molecule has 2 rings (SSSR count). The second-order valence-electron chi connectivity index (χ2n) is 3.62. The number of hydrogen-bond acceptors (Lipinski definition) is 3. The second-order valence-corrected chi connectivity index (χ2v) is 4.48. The van der Waals surface area contributed by atoms with E-state index in [0.29, 0.717) is 5.69 Å². The van der Waals surface area contributed by atoms with Crippen LogP contribution in [0.15, 0.2) is 53.3 Å². The fraction of sp³-hybridized carbons (Fsp3) is 0.0769. The van der Waals surface area contributed by atoms with Gasteiger partial charge in [0, 0.05) is 18.1 Å². The maximum Gasteiger partial charge on any atom is 0.243 e. The number of rotatable bonds is 4. The molecule has 4 nitrogen and oxygen atoms in total. The summed E-state index contributed by atoms with van der Waals surface area (Å²) in [6, 6.07) is 11.3. The molecule has 0 spiro atoms. The summed E-state index contributed by atoms with van der Waals surface area (Å²) in [5, 5.41) is 5.83. The molecule has 0 aliphatic heterocycles. The predicted octanol–water partition coefficient (Wildman–Crippen LogP) is 2.89. The van der Waals surface area contributed by atoms with Crippen molar-refractivity contribution in [1.82, 2.24) is 4.98 Å². The van der Waals surface area contributed by atoms with Crippen LogP contribution in [0.2, 0.25) is 0 Å². The number of aromatic nitrogens is 1. The van der Waals surface area contributed by atoms with Crippen LogP contribution in [0.25, 0.3) is 0 Å². The highest BCUT2D eigenvalue weighted by atomic mass is 79.9. The van der Waals surface area contributed by atoms with Crippen LogP contribution in [0.3, 0.4) is 0 Å². The van der Waals surface area contributed by atoms with Crippen LogP contribution in [0.1, 0.15) is 0 Å². The van der Waals surface area contributed by atoms with Gasteiger partial charge in [0.2, 0.25) is 5.91 Å². The van der Waals surface area contributed by atoms with E-state index in [1.807, 2.05) is 30.3 Å². The SMILES string of the molecule is O=C(CNc1ccccc1)Nc1ccncc1Br. The molecule has 1 aromatic heterocycles. The maximum atomic E-state index is 11.7. The van der Waals surface area contributed by atoms with Gasteiger partial charge in [0.25, 0.3) is 0 Å². The van der Waals surface area contributed by atoms with E-state index in [1.54, 1.807) is 18.5 Å². The molecule has 0 fully saturated rings. The van der Waals surface area contributed by atoms with Crippen molar-refractivity contribution in [2.24, 2.45) is 0 Å². The summed E-state index contributed by atoms with van der Waals surface area (Å²) in [6.45, 7) is 0.221. The minimum absolute atomic E-state index is 0.106. The molecular weight excluding hydrogens is 294 g/mol. The summed E-state index contributed by atoms with van der Waals surface area (Å²) in [5.74, 6) is -0.106. The molecule has 18 heavy (non-hydrogen) atoms. The number of halogens is 1. The van der Waals surface area contributed by atoms with Crippen LogP contribution in [0.5, 0.6) is 0 Å². The van der Waals surface area contributed by atoms with Gasteiger partial charge in [-0.05, 0) is 34.1 Å². The van der Waals surface area contributed by atoms with Crippen molar-refractivity contribution >= 4 is 33.2 Å². The third-order valence-corrected chi connectivity index (χ3v) is 2.91. The van der Waals surface area contributed by atoms with Gasteiger partial charge in [0.1, 0.15) is 0 Å². The summed E-state index contributed by atoms with van der Waals surface area (Å²) in [5.41, 5.74) is 1.63. The topological polar surface area (TPSA) is 54.0 Å². The third kappa shape index (κ3) is 3.56. The molecule has 1 aromatic carbocycles. The minimum Gasteiger partial charge on any atom is -0.376 e. The van der Waals surface area contributed by atoms with E-state index in [0.717, 1.165) is 10.2 Å². The maximum absolute atomic E-state index is 11.7. The Labute approximate surface area is 114 Å². The van der Waals surface area contributed by atoms with Crippen molar-refractivity contribution in [1.29, 1.82) is 0 Å². The monoisotopic (exact) mass is 305 g/mol. The van der Waals surface area contributed by atoms with Gasteiger partial charge >= 0.3 is 0 Å². The van der Waals surface area contributed by atoms with E-state index in [4.69, 9.17) is 0 Å². The van der Waals surface area contributed by atoms with E-state index in [-0.39, 0.29) is 12.5 Å². The number of nitrogens with zero attached hydrogens (tertiary/aromatic N) is 1. The number of nitrogens with one attached hydrogen (secondary N) is 2. The van der Waals surface area contributed by atoms with Crippen molar-refractivity contribution in [2.75, 3.05) is 17.2 Å². The lowest BCUT2D eigenvalue weighted by atomic mass is 10.3. The van der Waals surface area contributed by atoms with Gasteiger partial charge in [-0.2, -0.15) is 0 Å². The van der Waals surface area contributed by atoms with Gasteiger partial charge < -0.3 is 10.6 Å². The summed E-state index contributed by atoms with van der Waals surface area (Å²) < 4.78 is 0.762. The van der Waals surface area contributed by atoms with Crippen LogP contribution >= 0.6 is 15.9 Å². The lowest BCUT2D eigenvalue weighted by molar-refractivity contribution is -0.114. The smallest absolute Gasteiger partial charge is 0.243 e. The Morgan fingerprint density at radius 3 is 2.72 bits per heavy atom. The Hall–Kier alpha value is -1.88. The van der Waals surface area contributed by atoms with Crippen LogP contribution < -0.4 is 10.6 Å². The number of hydrogen-bond donors (Lipinski definition) is 2. The number of anilines is 2. The van der Waals surface area contributed by atoms with Crippen molar-refractivity contribution in [3.63, 3.8) is 0 Å². The van der Waals surface area contributed by atoms with E-state index in [2.05, 4.69) is 31.5 Å². The zero-order chi connectivity index (χ0) is 12.8. The predicted molar refractivity (Wildman–Crippen MR) is 75.5 cm³/mol. The van der Waals surface area contributed by atoms with Crippen molar-refractivity contribution in [3.05, 3.63) is 53.3 Å². The summed E-state index contributed by atoms with van der Waals surface area (Å²) in [4.78, 5) is 15.7. The first-order valence-corrected chi connectivity index (χ1v) is 6.23. The summed E-state index contributed by atoms with van der Waals surface area (Å²) in [7, 11) is 0. The molecule has 0 aliphatic rings. The minimum atomic E-state index is -0.106. The van der Waals surface area contributed by atoms with Crippen LogP contribution in [-0.4, -0.2) is 17.4 Å². The van der Waals surface area contributed by atoms with Crippen LogP contribution in [-0.2, 0) is 4.79 Å². The highest BCUT2D eigenvalue weighted by Crippen LogP contribution is 2.19. The van der Waals surface area contributed by atoms with Crippen molar-refractivity contribution in [3.8, 4) is 0 Å². The lowest BCUT2D eigenvalue weighted by Crippen LogP contribution is -2.21. The van der Waals surface area contributed by atoms with E-state index in [1.165, 1.54) is 0 Å². The van der Waals surface area contributed by atoms with Gasteiger partial charge in [-0.1, -0.05) is 18.2 Å². The Morgan fingerprint density at radius 2 is 2.00 bits per heavy atom. The zero-order valence-corrected chi connectivity index (χ0v) is 11.1. The molecule has 2 aromatic rings. The van der Waals surface area contributed by atoms with E-state index >= 15 is 0 Å². The first-order chi connectivity index (χ1) is 8.75. The van der Waals surface area contributed by atoms with Gasteiger partial charge in [-0.15, -0.1) is 0 Å². The summed E-state index contributed by atoms with van der Waals surface area (Å²) in [6.07, 6.45) is 3.27. The fourth-order valence-electron chi connectivity index (χ4n) is 1.41. The lowest BCUT2D eigenvalue weighted by Gasteiger charge is -2.08. The molecule has 0 bridgehead atoms. The van der Waals surface area contributed by atoms with Gasteiger partial charge in [-0.3, -0.25) is 9.78 Å². The van der Waals surface area contributed by atoms with Crippen LogP contribution in [0.4, 0.5) is 11.4 Å².